The van der Waals surface area contributed by atoms with Gasteiger partial charge in [0.15, 0.2) is 16.9 Å². The van der Waals surface area contributed by atoms with Gasteiger partial charge in [0.25, 0.3) is 0 Å². The second kappa shape index (κ2) is 8.50. The van der Waals surface area contributed by atoms with Gasteiger partial charge in [0.1, 0.15) is 16.1 Å². The number of nitrogens with zero attached hydrogens (tertiary/aromatic N) is 5. The van der Waals surface area contributed by atoms with E-state index in [-0.39, 0.29) is 39.8 Å². The quantitative estimate of drug-likeness (QED) is 0.210. The molecule has 0 aliphatic carbocycles. The number of rotatable bonds is 6. The molecule has 0 spiro atoms. The molecule has 0 bridgehead atoms. The number of anilines is 1. The summed E-state index contributed by atoms with van der Waals surface area (Å²) in [6, 6.07) is 3.21. The van der Waals surface area contributed by atoms with Crippen molar-refractivity contribution in [3.8, 4) is 11.5 Å². The second-order valence-electron chi connectivity index (χ2n) is 8.25. The first-order valence-electron chi connectivity index (χ1n) is 10.5. The molecule has 0 aromatic carbocycles. The Bertz CT molecular complexity index is 1340. The normalized spacial score (nSPS) is 19.4. The van der Waals surface area contributed by atoms with Crippen LogP contribution < -0.4 is 5.32 Å². The van der Waals surface area contributed by atoms with Crippen LogP contribution in [0.15, 0.2) is 22.9 Å². The molecule has 1 aliphatic heterocycles. The fourth-order valence-electron chi connectivity index (χ4n) is 3.68. The van der Waals surface area contributed by atoms with E-state index in [9.17, 15) is 27.2 Å². The van der Waals surface area contributed by atoms with Gasteiger partial charge in [0.2, 0.25) is 11.6 Å². The topological polar surface area (TPSA) is 112 Å². The molecule has 3 aromatic heterocycles. The molecule has 1 aliphatic rings. The number of carbonyl (C=O) groups is 2. The van der Waals surface area contributed by atoms with Crippen molar-refractivity contribution in [2.75, 3.05) is 11.9 Å². The Hall–Kier alpha value is -3.16. The lowest BCUT2D eigenvalue weighted by molar-refractivity contribution is -0.226. The number of aryl methyl sites for hydroxylation is 1. The summed E-state index contributed by atoms with van der Waals surface area (Å²) in [5, 5.41) is 7.26. The number of esters is 1. The third-order valence-electron chi connectivity index (χ3n) is 5.84. The summed E-state index contributed by atoms with van der Waals surface area (Å²) in [7, 11) is 0. The molecule has 4 rings (SSSR count). The minimum atomic E-state index is -5.04. The Morgan fingerprint density at radius 1 is 1.29 bits per heavy atom. The Morgan fingerprint density at radius 3 is 2.66 bits per heavy atom. The monoisotopic (exact) mass is 558 g/mol. The van der Waals surface area contributed by atoms with Crippen LogP contribution in [-0.4, -0.2) is 55.1 Å². The standard InChI is InChI=1S/C21H19BrF4N6O3/c1-4-35-18(34)20(3)11-13(22)28-15(29-14(11)30-17(20)33)12-10-6-5-8-27-16(10)32(31-12)9-7-19(2,23)21(24,25)26/h5-6,8H,4,7,9H2,1-3H3,(H,28,29,30,33). The molecule has 1 N–H and O–H groups in total. The van der Waals surface area contributed by atoms with Gasteiger partial charge in [-0.3, -0.25) is 9.59 Å². The molecule has 0 saturated heterocycles. The van der Waals surface area contributed by atoms with Gasteiger partial charge in [-0.15, -0.1) is 0 Å². The molecule has 14 heteroatoms. The van der Waals surface area contributed by atoms with Gasteiger partial charge in [-0.25, -0.2) is 24.0 Å². The first-order chi connectivity index (χ1) is 16.3. The van der Waals surface area contributed by atoms with Crippen LogP contribution in [0.4, 0.5) is 23.4 Å². The van der Waals surface area contributed by atoms with Crippen LogP contribution in [0.25, 0.3) is 22.6 Å². The molecular weight excluding hydrogens is 540 g/mol. The minimum absolute atomic E-state index is 0.0135. The second-order valence-corrected chi connectivity index (χ2v) is 9.00. The van der Waals surface area contributed by atoms with E-state index >= 15 is 0 Å². The Morgan fingerprint density at radius 2 is 2.00 bits per heavy atom. The van der Waals surface area contributed by atoms with E-state index in [1.54, 1.807) is 19.1 Å². The number of alkyl halides is 4. The number of aromatic nitrogens is 5. The highest BCUT2D eigenvalue weighted by molar-refractivity contribution is 9.10. The molecule has 3 aromatic rings. The summed E-state index contributed by atoms with van der Waals surface area (Å²) < 4.78 is 59.4. The Labute approximate surface area is 204 Å². The van der Waals surface area contributed by atoms with Crippen molar-refractivity contribution in [2.24, 2.45) is 0 Å². The molecule has 35 heavy (non-hydrogen) atoms. The van der Waals surface area contributed by atoms with Crippen molar-refractivity contribution in [1.29, 1.82) is 0 Å². The molecule has 186 valence electrons. The zero-order valence-corrected chi connectivity index (χ0v) is 20.3. The number of nitrogens with one attached hydrogen (secondary N) is 1. The Kier molecular flexibility index (Phi) is 6.06. The highest BCUT2D eigenvalue weighted by Gasteiger charge is 2.53. The number of pyridine rings is 1. The van der Waals surface area contributed by atoms with Crippen molar-refractivity contribution in [3.63, 3.8) is 0 Å². The van der Waals surface area contributed by atoms with Crippen LogP contribution >= 0.6 is 15.9 Å². The summed E-state index contributed by atoms with van der Waals surface area (Å²) >= 11 is 3.29. The number of fused-ring (bicyclic) bond motifs is 2. The molecular formula is C21H19BrF4N6O3. The lowest BCUT2D eigenvalue weighted by atomic mass is 9.85. The summed E-state index contributed by atoms with van der Waals surface area (Å²) in [5.74, 6) is -1.35. The van der Waals surface area contributed by atoms with Gasteiger partial charge < -0.3 is 10.1 Å². The lowest BCUT2D eigenvalue weighted by Crippen LogP contribution is -2.41. The maximum absolute atomic E-state index is 14.1. The van der Waals surface area contributed by atoms with Gasteiger partial charge >= 0.3 is 12.1 Å². The van der Waals surface area contributed by atoms with Crippen molar-refractivity contribution < 1.29 is 31.9 Å². The lowest BCUT2D eigenvalue weighted by Gasteiger charge is -2.23. The van der Waals surface area contributed by atoms with E-state index in [0.717, 1.165) is 4.68 Å². The van der Waals surface area contributed by atoms with Crippen molar-refractivity contribution >= 4 is 44.7 Å². The molecule has 2 atom stereocenters. The van der Waals surface area contributed by atoms with E-state index in [1.165, 1.54) is 13.1 Å². The molecule has 0 radical (unpaired) electrons. The largest absolute Gasteiger partial charge is 0.465 e. The van der Waals surface area contributed by atoms with E-state index in [2.05, 4.69) is 41.3 Å². The first kappa shape index (κ1) is 24.9. The highest BCUT2D eigenvalue weighted by Crippen LogP contribution is 2.43. The average Bonchev–Trinajstić information content (AvgIpc) is 3.27. The van der Waals surface area contributed by atoms with E-state index in [0.29, 0.717) is 12.3 Å². The number of hydrogen-bond donors (Lipinski definition) is 1. The van der Waals surface area contributed by atoms with Crippen LogP contribution in [-0.2, 0) is 26.3 Å². The van der Waals surface area contributed by atoms with Crippen molar-refractivity contribution in [1.82, 2.24) is 24.7 Å². The van der Waals surface area contributed by atoms with Crippen LogP contribution in [0.2, 0.25) is 0 Å². The molecule has 9 nitrogen and oxygen atoms in total. The van der Waals surface area contributed by atoms with Gasteiger partial charge in [0, 0.05) is 19.2 Å². The predicted octanol–water partition coefficient (Wildman–Crippen LogP) is 4.10. The van der Waals surface area contributed by atoms with Crippen molar-refractivity contribution in [2.45, 2.75) is 51.0 Å². The molecule has 0 fully saturated rings. The summed E-state index contributed by atoms with van der Waals surface area (Å²) in [6.07, 6.45) is -4.50. The fraction of sp³-hybridized carbons (Fsp3) is 0.429. The van der Waals surface area contributed by atoms with E-state index < -0.39 is 42.1 Å². The Balaban J connectivity index is 1.78. The molecule has 2 unspecified atom stereocenters. The van der Waals surface area contributed by atoms with Crippen LogP contribution in [0, 0.1) is 0 Å². The molecule has 0 saturated carbocycles. The maximum atomic E-state index is 14.1. The smallest absolute Gasteiger partial charge is 0.422 e. The number of halogens is 5. The van der Waals surface area contributed by atoms with Gasteiger partial charge in [0.05, 0.1) is 17.6 Å². The zero-order chi connectivity index (χ0) is 25.8. The number of amides is 1. The molecule has 4 heterocycles. The summed E-state index contributed by atoms with van der Waals surface area (Å²) in [5.41, 5.74) is -4.56. The third-order valence-corrected chi connectivity index (χ3v) is 6.41. The zero-order valence-electron chi connectivity index (χ0n) is 18.7. The van der Waals surface area contributed by atoms with E-state index in [1.807, 2.05) is 0 Å². The molecule has 1 amide bonds. The van der Waals surface area contributed by atoms with E-state index in [4.69, 9.17) is 4.74 Å². The van der Waals surface area contributed by atoms with Gasteiger partial charge in [-0.2, -0.15) is 18.3 Å². The number of ether oxygens (including phenoxy) is 1. The summed E-state index contributed by atoms with van der Waals surface area (Å²) in [6.45, 7) is 3.12. The van der Waals surface area contributed by atoms with Gasteiger partial charge in [-0.05, 0) is 48.8 Å². The average molecular weight is 559 g/mol. The summed E-state index contributed by atoms with van der Waals surface area (Å²) in [4.78, 5) is 38.1. The number of hydrogen-bond acceptors (Lipinski definition) is 7. The first-order valence-corrected chi connectivity index (χ1v) is 11.2. The number of carbonyl (C=O) groups excluding carboxylic acids is 2. The fourth-order valence-corrected chi connectivity index (χ4v) is 4.43. The van der Waals surface area contributed by atoms with Crippen LogP contribution in [0.1, 0.15) is 32.8 Å². The van der Waals surface area contributed by atoms with Crippen LogP contribution in [0.5, 0.6) is 0 Å². The van der Waals surface area contributed by atoms with Gasteiger partial charge in [-0.1, -0.05) is 0 Å². The SMILES string of the molecule is CCOC(=O)C1(C)C(=O)Nc2nc(-c3nn(CCC(C)(F)C(F)(F)F)c4ncccc34)nc(Br)c21. The third kappa shape index (κ3) is 4.02. The maximum Gasteiger partial charge on any atom is 0.422 e. The predicted molar refractivity (Wildman–Crippen MR) is 119 cm³/mol. The van der Waals surface area contributed by atoms with Crippen molar-refractivity contribution in [3.05, 3.63) is 28.5 Å². The minimum Gasteiger partial charge on any atom is -0.465 e. The highest BCUT2D eigenvalue weighted by atomic mass is 79.9. The van der Waals surface area contributed by atoms with Crippen LogP contribution in [0.3, 0.4) is 0 Å².